The molecule has 1 aromatic carbocycles. The van der Waals surface area contributed by atoms with E-state index in [1.165, 1.54) is 18.9 Å². The second-order valence-electron chi connectivity index (χ2n) is 4.53. The number of methoxy groups -OCH3 is 1. The van der Waals surface area contributed by atoms with Crippen LogP contribution in [0, 0.1) is 0 Å². The normalized spacial score (nSPS) is 12.3. The summed E-state index contributed by atoms with van der Waals surface area (Å²) >= 11 is 1.45. The van der Waals surface area contributed by atoms with Gasteiger partial charge in [0, 0.05) is 11.4 Å². The van der Waals surface area contributed by atoms with Gasteiger partial charge in [-0.05, 0) is 45.3 Å². The van der Waals surface area contributed by atoms with Crippen LogP contribution in [0.1, 0.15) is 6.92 Å². The van der Waals surface area contributed by atoms with Crippen molar-refractivity contribution in [3.05, 3.63) is 24.3 Å². The van der Waals surface area contributed by atoms with Crippen LogP contribution in [-0.2, 0) is 9.53 Å². The van der Waals surface area contributed by atoms with Crippen LogP contribution in [-0.4, -0.2) is 50.5 Å². The monoisotopic (exact) mass is 283 g/mol. The maximum absolute atomic E-state index is 11.0. The molecule has 0 aliphatic carbocycles. The molecule has 106 valence electrons. The molecule has 0 aliphatic rings. The van der Waals surface area contributed by atoms with Gasteiger partial charge in [-0.25, -0.2) is 0 Å². The number of rotatable bonds is 7. The number of benzene rings is 1. The minimum absolute atomic E-state index is 0.142. The summed E-state index contributed by atoms with van der Waals surface area (Å²) in [6.07, 6.45) is 0.142. The predicted molar refractivity (Wildman–Crippen MR) is 77.8 cm³/mol. The molecule has 1 rings (SSSR count). The highest BCUT2D eigenvalue weighted by Crippen LogP contribution is 2.22. The second kappa shape index (κ2) is 8.07. The Morgan fingerprint density at radius 3 is 2.47 bits per heavy atom. The molecule has 0 aromatic heterocycles. The molecule has 0 amide bonds. The van der Waals surface area contributed by atoms with Crippen molar-refractivity contribution in [3.63, 3.8) is 0 Å². The van der Waals surface area contributed by atoms with Gasteiger partial charge in [-0.3, -0.25) is 4.79 Å². The van der Waals surface area contributed by atoms with E-state index in [0.717, 1.165) is 17.2 Å². The minimum atomic E-state index is -0.218. The number of thioether (sulfide) groups is 1. The van der Waals surface area contributed by atoms with Gasteiger partial charge in [0.15, 0.2) is 0 Å². The lowest BCUT2D eigenvalue weighted by atomic mass is 10.3. The zero-order valence-electron chi connectivity index (χ0n) is 11.9. The Hall–Kier alpha value is -1.20. The predicted octanol–water partition coefficient (Wildman–Crippen LogP) is 2.28. The number of ether oxygens (including phenoxy) is 2. The highest BCUT2D eigenvalue weighted by Gasteiger charge is 2.06. The molecule has 5 heteroatoms. The number of likely N-dealkylation sites (N-methyl/N-ethyl adjacent to an activating group) is 1. The molecule has 1 aromatic rings. The van der Waals surface area contributed by atoms with Crippen molar-refractivity contribution in [1.82, 2.24) is 4.90 Å². The van der Waals surface area contributed by atoms with E-state index < -0.39 is 0 Å². The van der Waals surface area contributed by atoms with Crippen LogP contribution in [0.3, 0.4) is 0 Å². The van der Waals surface area contributed by atoms with Crippen LogP contribution in [0.15, 0.2) is 29.2 Å². The van der Waals surface area contributed by atoms with Gasteiger partial charge in [0.1, 0.15) is 11.9 Å². The van der Waals surface area contributed by atoms with Gasteiger partial charge in [-0.15, -0.1) is 11.8 Å². The van der Waals surface area contributed by atoms with Crippen molar-refractivity contribution in [3.8, 4) is 5.75 Å². The highest BCUT2D eigenvalue weighted by atomic mass is 32.2. The van der Waals surface area contributed by atoms with E-state index in [2.05, 4.69) is 9.64 Å². The van der Waals surface area contributed by atoms with Gasteiger partial charge in [-0.2, -0.15) is 0 Å². The Morgan fingerprint density at radius 1 is 1.32 bits per heavy atom. The molecule has 1 atom stereocenters. The van der Waals surface area contributed by atoms with Crippen LogP contribution in [0.25, 0.3) is 0 Å². The number of hydrogen-bond acceptors (Lipinski definition) is 5. The molecule has 19 heavy (non-hydrogen) atoms. The molecular weight excluding hydrogens is 262 g/mol. The summed E-state index contributed by atoms with van der Waals surface area (Å²) in [5.41, 5.74) is 0. The molecule has 0 radical (unpaired) electrons. The molecule has 0 N–H and O–H groups in total. The molecule has 0 spiro atoms. The van der Waals surface area contributed by atoms with Gasteiger partial charge in [0.2, 0.25) is 0 Å². The Morgan fingerprint density at radius 2 is 1.95 bits per heavy atom. The van der Waals surface area contributed by atoms with Crippen molar-refractivity contribution in [2.45, 2.75) is 17.9 Å². The topological polar surface area (TPSA) is 38.8 Å². The molecule has 1 unspecified atom stereocenters. The van der Waals surface area contributed by atoms with Crippen molar-refractivity contribution in [2.75, 3.05) is 33.5 Å². The largest absolute Gasteiger partial charge is 0.489 e. The lowest BCUT2D eigenvalue weighted by Crippen LogP contribution is -2.27. The van der Waals surface area contributed by atoms with Crippen LogP contribution in [0.4, 0.5) is 0 Å². The molecule has 0 aliphatic heterocycles. The Balaban J connectivity index is 2.45. The SMILES string of the molecule is COC(=O)CSc1ccc(OC(C)CN(C)C)cc1. The average molecular weight is 283 g/mol. The van der Waals surface area contributed by atoms with Gasteiger partial charge in [-0.1, -0.05) is 0 Å². The van der Waals surface area contributed by atoms with E-state index in [9.17, 15) is 4.79 Å². The van der Waals surface area contributed by atoms with E-state index in [-0.39, 0.29) is 12.1 Å². The van der Waals surface area contributed by atoms with Gasteiger partial charge in [0.05, 0.1) is 12.9 Å². The van der Waals surface area contributed by atoms with Crippen LogP contribution in [0.2, 0.25) is 0 Å². The third kappa shape index (κ3) is 6.50. The summed E-state index contributed by atoms with van der Waals surface area (Å²) < 4.78 is 10.4. The number of carbonyl (C=O) groups excluding carboxylic acids is 1. The van der Waals surface area contributed by atoms with Crippen LogP contribution < -0.4 is 4.74 Å². The summed E-state index contributed by atoms with van der Waals surface area (Å²) in [6, 6.07) is 7.74. The number of hydrogen-bond donors (Lipinski definition) is 0. The standard InChI is InChI=1S/C14H21NO3S/c1-11(9-15(2)3)18-12-5-7-13(8-6-12)19-10-14(16)17-4/h5-8,11H,9-10H2,1-4H3. The first kappa shape index (κ1) is 15.9. The molecular formula is C14H21NO3S. The fourth-order valence-electron chi connectivity index (χ4n) is 1.60. The van der Waals surface area contributed by atoms with E-state index in [4.69, 9.17) is 4.74 Å². The lowest BCUT2D eigenvalue weighted by molar-refractivity contribution is -0.137. The molecule has 0 fully saturated rings. The number of esters is 1. The molecule has 0 saturated carbocycles. The Kier molecular flexibility index (Phi) is 6.73. The highest BCUT2D eigenvalue weighted by molar-refractivity contribution is 8.00. The third-order valence-electron chi connectivity index (χ3n) is 2.37. The first-order valence-corrected chi connectivity index (χ1v) is 7.11. The van der Waals surface area contributed by atoms with Crippen molar-refractivity contribution >= 4 is 17.7 Å². The maximum atomic E-state index is 11.0. The van der Waals surface area contributed by atoms with E-state index in [1.54, 1.807) is 0 Å². The maximum Gasteiger partial charge on any atom is 0.315 e. The average Bonchev–Trinajstić information content (AvgIpc) is 2.36. The van der Waals surface area contributed by atoms with Gasteiger partial charge in [0.25, 0.3) is 0 Å². The minimum Gasteiger partial charge on any atom is -0.489 e. The van der Waals surface area contributed by atoms with Crippen molar-refractivity contribution in [1.29, 1.82) is 0 Å². The zero-order chi connectivity index (χ0) is 14.3. The van der Waals surface area contributed by atoms with Crippen molar-refractivity contribution in [2.24, 2.45) is 0 Å². The first-order chi connectivity index (χ1) is 9.01. The zero-order valence-corrected chi connectivity index (χ0v) is 12.7. The summed E-state index contributed by atoms with van der Waals surface area (Å²) in [5, 5.41) is 0. The first-order valence-electron chi connectivity index (χ1n) is 6.12. The lowest BCUT2D eigenvalue weighted by Gasteiger charge is -2.18. The van der Waals surface area contributed by atoms with E-state index in [1.807, 2.05) is 45.3 Å². The molecule has 0 bridgehead atoms. The number of nitrogens with zero attached hydrogens (tertiary/aromatic N) is 1. The van der Waals surface area contributed by atoms with Gasteiger partial charge >= 0.3 is 5.97 Å². The smallest absolute Gasteiger partial charge is 0.315 e. The molecule has 0 saturated heterocycles. The van der Waals surface area contributed by atoms with Crippen molar-refractivity contribution < 1.29 is 14.3 Å². The number of carbonyl (C=O) groups is 1. The Labute approximate surface area is 119 Å². The quantitative estimate of drug-likeness (QED) is 0.567. The van der Waals surface area contributed by atoms with Gasteiger partial charge < -0.3 is 14.4 Å². The summed E-state index contributed by atoms with van der Waals surface area (Å²) in [7, 11) is 5.44. The van der Waals surface area contributed by atoms with Crippen LogP contribution >= 0.6 is 11.8 Å². The summed E-state index contributed by atoms with van der Waals surface area (Å²) in [6.45, 7) is 2.92. The molecule has 0 heterocycles. The Bertz CT molecular complexity index is 392. The van der Waals surface area contributed by atoms with E-state index >= 15 is 0 Å². The molecule has 4 nitrogen and oxygen atoms in total. The second-order valence-corrected chi connectivity index (χ2v) is 5.58. The fourth-order valence-corrected chi connectivity index (χ4v) is 2.33. The summed E-state index contributed by atoms with van der Waals surface area (Å²) in [5.74, 6) is 0.954. The summed E-state index contributed by atoms with van der Waals surface area (Å²) in [4.78, 5) is 14.1. The third-order valence-corrected chi connectivity index (χ3v) is 3.35. The van der Waals surface area contributed by atoms with Crippen LogP contribution in [0.5, 0.6) is 5.75 Å². The van der Waals surface area contributed by atoms with E-state index in [0.29, 0.717) is 5.75 Å². The fraction of sp³-hybridized carbons (Fsp3) is 0.500.